The second kappa shape index (κ2) is 10.1. The second-order valence-electron chi connectivity index (χ2n) is 12.4. The monoisotopic (exact) mass is 520 g/mol. The Balaban J connectivity index is 1.02. The SMILES string of the molecule is NC(O)C1(N2CC3(CCN([S+]([O-])C4=CCC(C5CCC6CCCNC6C5)CC4)CC3)OCC2=O)CC1. The van der Waals surface area contributed by atoms with Gasteiger partial charge in [0.15, 0.2) is 0 Å². The highest BCUT2D eigenvalue weighted by atomic mass is 32.2. The zero-order valence-electron chi connectivity index (χ0n) is 21.5. The van der Waals surface area contributed by atoms with Gasteiger partial charge in [0.1, 0.15) is 17.7 Å². The number of aliphatic hydroxyl groups is 1. The summed E-state index contributed by atoms with van der Waals surface area (Å²) >= 11 is -1.08. The molecule has 6 atom stereocenters. The number of morpholine rings is 1. The molecular weight excluding hydrogens is 476 g/mol. The first-order valence-electron chi connectivity index (χ1n) is 14.4. The minimum absolute atomic E-state index is 0.0440. The summed E-state index contributed by atoms with van der Waals surface area (Å²) in [6, 6.07) is 0.730. The summed E-state index contributed by atoms with van der Waals surface area (Å²) in [7, 11) is 0. The van der Waals surface area contributed by atoms with E-state index in [0.29, 0.717) is 19.6 Å². The molecule has 36 heavy (non-hydrogen) atoms. The van der Waals surface area contributed by atoms with Crippen LogP contribution in [-0.4, -0.2) is 81.0 Å². The number of nitrogens with zero attached hydrogens (tertiary/aromatic N) is 2. The quantitative estimate of drug-likeness (QED) is 0.375. The van der Waals surface area contributed by atoms with E-state index in [1.54, 1.807) is 4.90 Å². The molecule has 202 valence electrons. The van der Waals surface area contributed by atoms with Gasteiger partial charge in [0.2, 0.25) is 5.91 Å². The number of carbonyl (C=O) groups excluding carboxylic acids is 1. The van der Waals surface area contributed by atoms with E-state index in [1.807, 2.05) is 0 Å². The Morgan fingerprint density at radius 3 is 2.61 bits per heavy atom. The third-order valence-electron chi connectivity index (χ3n) is 10.5. The Morgan fingerprint density at radius 2 is 1.92 bits per heavy atom. The second-order valence-corrected chi connectivity index (χ2v) is 14.0. The van der Waals surface area contributed by atoms with E-state index in [-0.39, 0.29) is 12.5 Å². The van der Waals surface area contributed by atoms with Gasteiger partial charge in [-0.25, -0.2) is 0 Å². The lowest BCUT2D eigenvalue weighted by atomic mass is 9.68. The number of hydrogen-bond acceptors (Lipinski definition) is 7. The molecule has 6 unspecified atom stereocenters. The van der Waals surface area contributed by atoms with Crippen molar-refractivity contribution >= 4 is 17.3 Å². The maximum absolute atomic E-state index is 13.5. The molecule has 0 aromatic rings. The number of fused-ring (bicyclic) bond motifs is 1. The molecule has 3 aliphatic carbocycles. The Hall–Kier alpha value is -0.680. The van der Waals surface area contributed by atoms with Crippen molar-refractivity contribution in [2.45, 2.75) is 100 Å². The maximum Gasteiger partial charge on any atom is 0.249 e. The van der Waals surface area contributed by atoms with Crippen molar-refractivity contribution in [2.24, 2.45) is 23.5 Å². The van der Waals surface area contributed by atoms with Crippen LogP contribution in [-0.2, 0) is 20.9 Å². The summed E-state index contributed by atoms with van der Waals surface area (Å²) in [6.45, 7) is 3.11. The molecule has 6 rings (SSSR count). The van der Waals surface area contributed by atoms with Crippen molar-refractivity contribution < 1.29 is 19.2 Å². The number of aliphatic hydroxyl groups excluding tert-OH is 1. The fraction of sp³-hybridized carbons (Fsp3) is 0.889. The van der Waals surface area contributed by atoms with E-state index in [0.717, 1.165) is 67.2 Å². The molecule has 1 amide bonds. The molecule has 6 aliphatic rings. The minimum atomic E-state index is -1.08. The molecule has 2 saturated carbocycles. The zero-order valence-corrected chi connectivity index (χ0v) is 22.4. The Kier molecular flexibility index (Phi) is 7.20. The van der Waals surface area contributed by atoms with E-state index < -0.39 is 28.7 Å². The predicted octanol–water partition coefficient (Wildman–Crippen LogP) is 2.01. The topological polar surface area (TPSA) is 114 Å². The molecule has 4 N–H and O–H groups in total. The van der Waals surface area contributed by atoms with E-state index >= 15 is 0 Å². The minimum Gasteiger partial charge on any atom is -0.593 e. The van der Waals surface area contributed by atoms with Crippen LogP contribution in [0.2, 0.25) is 0 Å². The molecule has 3 heterocycles. The van der Waals surface area contributed by atoms with Crippen molar-refractivity contribution in [3.63, 3.8) is 0 Å². The van der Waals surface area contributed by atoms with E-state index in [4.69, 9.17) is 10.5 Å². The van der Waals surface area contributed by atoms with E-state index in [1.165, 1.54) is 45.1 Å². The van der Waals surface area contributed by atoms with Gasteiger partial charge < -0.3 is 30.3 Å². The average Bonchev–Trinajstić information content (AvgIpc) is 3.72. The Morgan fingerprint density at radius 1 is 1.14 bits per heavy atom. The smallest absolute Gasteiger partial charge is 0.249 e. The van der Waals surface area contributed by atoms with E-state index in [9.17, 15) is 14.5 Å². The van der Waals surface area contributed by atoms with Gasteiger partial charge in [0, 0.05) is 25.6 Å². The molecule has 0 bridgehead atoms. The van der Waals surface area contributed by atoms with Crippen molar-refractivity contribution in [3.8, 4) is 0 Å². The summed E-state index contributed by atoms with van der Waals surface area (Å²) < 4.78 is 21.7. The number of nitrogens with one attached hydrogen (secondary N) is 1. The van der Waals surface area contributed by atoms with Crippen molar-refractivity contribution in [3.05, 3.63) is 11.0 Å². The van der Waals surface area contributed by atoms with Crippen LogP contribution in [0, 0.1) is 17.8 Å². The highest BCUT2D eigenvalue weighted by molar-refractivity contribution is 7.93. The van der Waals surface area contributed by atoms with Gasteiger partial charge in [-0.1, -0.05) is 0 Å². The lowest BCUT2D eigenvalue weighted by molar-refractivity contribution is -0.180. The Bertz CT molecular complexity index is 857. The summed E-state index contributed by atoms with van der Waals surface area (Å²) in [5.74, 6) is 2.37. The largest absolute Gasteiger partial charge is 0.593 e. The number of rotatable bonds is 5. The summed E-state index contributed by atoms with van der Waals surface area (Å²) in [5.41, 5.74) is 4.81. The molecule has 9 heteroatoms. The number of nitrogens with two attached hydrogens (primary N) is 1. The fourth-order valence-electron chi connectivity index (χ4n) is 7.86. The summed E-state index contributed by atoms with van der Waals surface area (Å²) in [5, 5.41) is 13.9. The number of ether oxygens (including phenoxy) is 1. The average molecular weight is 521 g/mol. The third kappa shape index (κ3) is 4.78. The van der Waals surface area contributed by atoms with Gasteiger partial charge in [-0.2, -0.15) is 0 Å². The molecule has 0 radical (unpaired) electrons. The fourth-order valence-corrected chi connectivity index (χ4v) is 9.24. The van der Waals surface area contributed by atoms with Crippen LogP contribution in [0.5, 0.6) is 0 Å². The highest BCUT2D eigenvalue weighted by Gasteiger charge is 2.58. The van der Waals surface area contributed by atoms with Gasteiger partial charge in [0.05, 0.1) is 29.0 Å². The molecule has 0 aromatic carbocycles. The van der Waals surface area contributed by atoms with Gasteiger partial charge in [-0.05, 0) is 101 Å². The molecule has 0 aromatic heterocycles. The number of piperidine rings is 2. The molecular formula is C27H44N4O4S. The molecule has 5 fully saturated rings. The van der Waals surface area contributed by atoms with Crippen LogP contribution in [0.25, 0.3) is 0 Å². The van der Waals surface area contributed by atoms with E-state index in [2.05, 4.69) is 15.7 Å². The number of hydrogen-bond donors (Lipinski definition) is 3. The van der Waals surface area contributed by atoms with Crippen LogP contribution in [0.15, 0.2) is 11.0 Å². The van der Waals surface area contributed by atoms with Gasteiger partial charge >= 0.3 is 0 Å². The van der Waals surface area contributed by atoms with Crippen LogP contribution < -0.4 is 11.1 Å². The molecule has 8 nitrogen and oxygen atoms in total. The lowest BCUT2D eigenvalue weighted by Crippen LogP contribution is -2.64. The highest BCUT2D eigenvalue weighted by Crippen LogP contribution is 2.47. The number of amides is 1. The van der Waals surface area contributed by atoms with Crippen molar-refractivity contribution in [1.82, 2.24) is 14.5 Å². The van der Waals surface area contributed by atoms with Crippen LogP contribution in [0.3, 0.4) is 0 Å². The molecule has 3 saturated heterocycles. The first kappa shape index (κ1) is 25.6. The summed E-state index contributed by atoms with van der Waals surface area (Å²) in [6.07, 6.45) is 14.3. The first-order valence-corrected chi connectivity index (χ1v) is 15.5. The van der Waals surface area contributed by atoms with Gasteiger partial charge in [0.25, 0.3) is 0 Å². The standard InChI is InChI=1S/C27H44N4O4S/c28-25(33)27(9-10-27)31-18-26(35-17-24(31)32)11-14-30(15-12-26)36(34)22-7-5-19(6-8-22)21-4-3-20-2-1-13-29-23(20)16-21/h7,19-21,23,25,29,33H,1-6,8-18,28H2. The summed E-state index contributed by atoms with van der Waals surface area (Å²) in [4.78, 5) is 15.5. The normalized spacial score (nSPS) is 38.2. The molecule has 3 aliphatic heterocycles. The van der Waals surface area contributed by atoms with Crippen molar-refractivity contribution in [2.75, 3.05) is 32.8 Å². The predicted molar refractivity (Wildman–Crippen MR) is 139 cm³/mol. The van der Waals surface area contributed by atoms with Crippen LogP contribution in [0.1, 0.15) is 77.0 Å². The van der Waals surface area contributed by atoms with Gasteiger partial charge in [-0.3, -0.25) is 4.79 Å². The van der Waals surface area contributed by atoms with Gasteiger partial charge in [-0.15, -0.1) is 4.31 Å². The zero-order chi connectivity index (χ0) is 24.9. The van der Waals surface area contributed by atoms with Crippen LogP contribution in [0.4, 0.5) is 0 Å². The van der Waals surface area contributed by atoms with Crippen LogP contribution >= 0.6 is 0 Å². The lowest BCUT2D eigenvalue weighted by Gasteiger charge is -2.49. The first-order chi connectivity index (χ1) is 17.4. The maximum atomic E-state index is 13.5. The van der Waals surface area contributed by atoms with Crippen molar-refractivity contribution in [1.29, 1.82) is 0 Å². The third-order valence-corrected chi connectivity index (χ3v) is 12.1. The Labute approximate surface area is 218 Å². The number of carbonyl (C=O) groups is 1. The number of allylic oxidation sites excluding steroid dienone is 2. The molecule has 1 spiro atoms.